The van der Waals surface area contributed by atoms with Crippen molar-refractivity contribution in [3.05, 3.63) is 35.1 Å². The van der Waals surface area contributed by atoms with Crippen molar-refractivity contribution in [3.63, 3.8) is 0 Å². The van der Waals surface area contributed by atoms with E-state index in [9.17, 15) is 14.0 Å². The first-order valence-corrected chi connectivity index (χ1v) is 6.61. The van der Waals surface area contributed by atoms with Crippen molar-refractivity contribution in [1.29, 1.82) is 0 Å². The van der Waals surface area contributed by atoms with E-state index in [0.29, 0.717) is 0 Å². The van der Waals surface area contributed by atoms with Crippen LogP contribution in [0, 0.1) is 12.7 Å². The molecule has 116 valence electrons. The summed E-state index contributed by atoms with van der Waals surface area (Å²) >= 11 is 0. The lowest BCUT2D eigenvalue weighted by molar-refractivity contribution is -0.129. The molecule has 0 bridgehead atoms. The maximum atomic E-state index is 13.8. The van der Waals surface area contributed by atoms with E-state index in [2.05, 4.69) is 0 Å². The second-order valence-electron chi connectivity index (χ2n) is 4.99. The van der Waals surface area contributed by atoms with Gasteiger partial charge in [0, 0.05) is 27.7 Å². The highest BCUT2D eigenvalue weighted by Gasteiger charge is 2.22. The van der Waals surface area contributed by atoms with E-state index < -0.39 is 11.7 Å². The predicted octanol–water partition coefficient (Wildman–Crippen LogP) is 1.31. The van der Waals surface area contributed by atoms with E-state index in [1.165, 1.54) is 29.0 Å². The Bertz CT molecular complexity index is 518. The number of carbonyl (C=O) groups is 2. The quantitative estimate of drug-likeness (QED) is 0.795. The molecule has 0 N–H and O–H groups in total. The molecule has 21 heavy (non-hydrogen) atoms. The van der Waals surface area contributed by atoms with Crippen molar-refractivity contribution in [2.45, 2.75) is 6.92 Å². The molecule has 1 aromatic rings. The topological polar surface area (TPSA) is 49.9 Å². The predicted molar refractivity (Wildman–Crippen MR) is 77.6 cm³/mol. The Balaban J connectivity index is 2.98. The molecule has 0 saturated carbocycles. The second-order valence-corrected chi connectivity index (χ2v) is 4.99. The van der Waals surface area contributed by atoms with E-state index in [1.54, 1.807) is 27.1 Å². The van der Waals surface area contributed by atoms with E-state index in [1.807, 2.05) is 0 Å². The number of ether oxygens (including phenoxy) is 1. The van der Waals surface area contributed by atoms with Gasteiger partial charge in [-0.05, 0) is 19.1 Å². The Labute approximate surface area is 124 Å². The molecular weight excluding hydrogens is 275 g/mol. The van der Waals surface area contributed by atoms with Crippen LogP contribution < -0.4 is 0 Å². The minimum absolute atomic E-state index is 0.0299. The standard InChI is InChI=1S/C15H21FN2O3/c1-11-5-6-13(16)12(9-11)15(20)18(7-8-21-4)10-14(19)17(2)3/h5-6,9H,7-8,10H2,1-4H3. The summed E-state index contributed by atoms with van der Waals surface area (Å²) < 4.78 is 18.8. The molecule has 0 saturated heterocycles. The third-order valence-electron chi connectivity index (χ3n) is 3.03. The van der Waals surface area contributed by atoms with Gasteiger partial charge in [-0.25, -0.2) is 4.39 Å². The number of nitrogens with zero attached hydrogens (tertiary/aromatic N) is 2. The van der Waals surface area contributed by atoms with Gasteiger partial charge in [-0.1, -0.05) is 11.6 Å². The molecule has 5 nitrogen and oxygen atoms in total. The summed E-state index contributed by atoms with van der Waals surface area (Å²) in [6, 6.07) is 4.33. The number of hydrogen-bond acceptors (Lipinski definition) is 3. The maximum Gasteiger partial charge on any atom is 0.257 e. The molecule has 0 atom stereocenters. The third kappa shape index (κ3) is 4.82. The number of benzene rings is 1. The molecule has 6 heteroatoms. The largest absolute Gasteiger partial charge is 0.383 e. The Morgan fingerprint density at radius 1 is 1.29 bits per heavy atom. The van der Waals surface area contributed by atoms with Gasteiger partial charge in [0.25, 0.3) is 5.91 Å². The minimum Gasteiger partial charge on any atom is -0.383 e. The smallest absolute Gasteiger partial charge is 0.257 e. The Hall–Kier alpha value is -1.95. The van der Waals surface area contributed by atoms with E-state index >= 15 is 0 Å². The summed E-state index contributed by atoms with van der Waals surface area (Å²) in [7, 11) is 4.72. The molecule has 0 heterocycles. The Morgan fingerprint density at radius 3 is 2.52 bits per heavy atom. The molecule has 0 aliphatic rings. The van der Waals surface area contributed by atoms with Crippen molar-refractivity contribution in [2.75, 3.05) is 40.9 Å². The molecule has 0 unspecified atom stereocenters. The van der Waals surface area contributed by atoms with Gasteiger partial charge in [0.1, 0.15) is 12.4 Å². The zero-order valence-corrected chi connectivity index (χ0v) is 12.9. The Kier molecular flexibility index (Phi) is 6.30. The zero-order chi connectivity index (χ0) is 16.0. The van der Waals surface area contributed by atoms with E-state index in [0.717, 1.165) is 5.56 Å². The number of carbonyl (C=O) groups excluding carboxylic acids is 2. The van der Waals surface area contributed by atoms with Gasteiger partial charge in [-0.2, -0.15) is 0 Å². The van der Waals surface area contributed by atoms with Crippen molar-refractivity contribution in [3.8, 4) is 0 Å². The van der Waals surface area contributed by atoms with Crippen LogP contribution in [-0.4, -0.2) is 62.5 Å². The summed E-state index contributed by atoms with van der Waals surface area (Å²) in [5.41, 5.74) is 0.753. The fourth-order valence-corrected chi connectivity index (χ4v) is 1.73. The lowest BCUT2D eigenvalue weighted by Crippen LogP contribution is -2.42. The maximum absolute atomic E-state index is 13.8. The molecule has 2 amide bonds. The normalized spacial score (nSPS) is 10.3. The van der Waals surface area contributed by atoms with Crippen molar-refractivity contribution < 1.29 is 18.7 Å². The number of hydrogen-bond donors (Lipinski definition) is 0. The summed E-state index contributed by atoms with van der Waals surface area (Å²) in [6.07, 6.45) is 0. The highest BCUT2D eigenvalue weighted by Crippen LogP contribution is 2.13. The van der Waals surface area contributed by atoms with Gasteiger partial charge >= 0.3 is 0 Å². The number of rotatable bonds is 6. The molecule has 1 rings (SSSR count). The summed E-state index contributed by atoms with van der Waals surface area (Å²) in [5.74, 6) is -1.33. The van der Waals surface area contributed by atoms with Crippen LogP contribution in [-0.2, 0) is 9.53 Å². The first kappa shape index (κ1) is 17.1. The van der Waals surface area contributed by atoms with Gasteiger partial charge in [-0.15, -0.1) is 0 Å². The first-order valence-electron chi connectivity index (χ1n) is 6.61. The van der Waals surface area contributed by atoms with Gasteiger partial charge in [0.15, 0.2) is 0 Å². The number of amides is 2. The molecule has 0 aliphatic heterocycles. The molecule has 0 fully saturated rings. The average Bonchev–Trinajstić information content (AvgIpc) is 2.44. The van der Waals surface area contributed by atoms with Gasteiger partial charge in [0.2, 0.25) is 5.91 Å². The fourth-order valence-electron chi connectivity index (χ4n) is 1.73. The molecule has 0 aromatic heterocycles. The minimum atomic E-state index is -0.592. The number of likely N-dealkylation sites (N-methyl/N-ethyl adjacent to an activating group) is 1. The van der Waals surface area contributed by atoms with Crippen molar-refractivity contribution in [1.82, 2.24) is 9.80 Å². The van der Waals surface area contributed by atoms with Crippen LogP contribution in [0.2, 0.25) is 0 Å². The zero-order valence-electron chi connectivity index (χ0n) is 12.9. The van der Waals surface area contributed by atoms with Crippen LogP contribution in [0.15, 0.2) is 18.2 Å². The van der Waals surface area contributed by atoms with Gasteiger partial charge < -0.3 is 14.5 Å². The third-order valence-corrected chi connectivity index (χ3v) is 3.03. The van der Waals surface area contributed by atoms with E-state index in [4.69, 9.17) is 4.74 Å². The average molecular weight is 296 g/mol. The van der Waals surface area contributed by atoms with Crippen LogP contribution in [0.25, 0.3) is 0 Å². The van der Waals surface area contributed by atoms with Gasteiger partial charge in [-0.3, -0.25) is 9.59 Å². The SMILES string of the molecule is COCCN(CC(=O)N(C)C)C(=O)c1cc(C)ccc1F. The van der Waals surface area contributed by atoms with Gasteiger partial charge in [0.05, 0.1) is 12.2 Å². The highest BCUT2D eigenvalue weighted by atomic mass is 19.1. The number of aryl methyl sites for hydroxylation is 1. The lowest BCUT2D eigenvalue weighted by Gasteiger charge is -2.24. The van der Waals surface area contributed by atoms with Crippen LogP contribution in [0.1, 0.15) is 15.9 Å². The fraction of sp³-hybridized carbons (Fsp3) is 0.467. The van der Waals surface area contributed by atoms with Crippen LogP contribution in [0.4, 0.5) is 4.39 Å². The van der Waals surface area contributed by atoms with Crippen LogP contribution in [0.3, 0.4) is 0 Å². The first-order chi connectivity index (χ1) is 9.86. The van der Waals surface area contributed by atoms with Crippen molar-refractivity contribution >= 4 is 11.8 Å². The summed E-state index contributed by atoms with van der Waals surface area (Å²) in [4.78, 5) is 26.9. The highest BCUT2D eigenvalue weighted by molar-refractivity contribution is 5.96. The molecule has 0 spiro atoms. The van der Waals surface area contributed by atoms with Crippen LogP contribution >= 0.6 is 0 Å². The van der Waals surface area contributed by atoms with Crippen LogP contribution in [0.5, 0.6) is 0 Å². The molecule has 1 aromatic carbocycles. The lowest BCUT2D eigenvalue weighted by atomic mass is 10.1. The number of methoxy groups -OCH3 is 1. The second kappa shape index (κ2) is 7.73. The Morgan fingerprint density at radius 2 is 1.95 bits per heavy atom. The van der Waals surface area contributed by atoms with E-state index in [-0.39, 0.29) is 31.2 Å². The molecule has 0 aliphatic carbocycles. The monoisotopic (exact) mass is 296 g/mol. The summed E-state index contributed by atoms with van der Waals surface area (Å²) in [6.45, 7) is 2.17. The molecule has 0 radical (unpaired) electrons. The number of halogens is 1. The van der Waals surface area contributed by atoms with Crippen molar-refractivity contribution in [2.24, 2.45) is 0 Å². The summed E-state index contributed by atoms with van der Waals surface area (Å²) in [5, 5.41) is 0. The molecular formula is C15H21FN2O3.